The van der Waals surface area contributed by atoms with Crippen molar-refractivity contribution in [1.29, 1.82) is 0 Å². The van der Waals surface area contributed by atoms with Gasteiger partial charge < -0.3 is 28.0 Å². The zero-order chi connectivity index (χ0) is 17.7. The minimum absolute atomic E-state index is 0. The molecule has 1 aliphatic heterocycles. The van der Waals surface area contributed by atoms with Gasteiger partial charge >= 0.3 is 0 Å². The quantitative estimate of drug-likeness (QED) is 0.441. The lowest BCUT2D eigenvalue weighted by Crippen LogP contribution is -3.00. The molecular weight excluding hydrogens is 379 g/mol. The van der Waals surface area contributed by atoms with Crippen LogP contribution in [0, 0.1) is 0 Å². The lowest BCUT2D eigenvalue weighted by Gasteiger charge is -2.25. The van der Waals surface area contributed by atoms with Crippen LogP contribution in [0.25, 0.3) is 32.8 Å². The number of H-pyrrole nitrogens is 1. The molecule has 3 N–H and O–H groups in total. The molecule has 6 heteroatoms. The van der Waals surface area contributed by atoms with Crippen LogP contribution in [0.1, 0.15) is 12.8 Å². The first-order valence-electron chi connectivity index (χ1n) is 9.21. The van der Waals surface area contributed by atoms with Crippen molar-refractivity contribution in [1.82, 2.24) is 10.3 Å². The molecule has 0 atom stereocenters. The molecule has 0 unspecified atom stereocenters. The molecule has 4 nitrogen and oxygen atoms in total. The maximum Gasteiger partial charge on any atom is 0.240 e. The summed E-state index contributed by atoms with van der Waals surface area (Å²) in [7, 11) is 2.12. The van der Waals surface area contributed by atoms with Crippen LogP contribution in [0.4, 0.5) is 5.69 Å². The number of anilines is 1. The maximum absolute atomic E-state index is 6.33. The van der Waals surface area contributed by atoms with Gasteiger partial charge in [0.1, 0.15) is 12.6 Å². The molecule has 2 aromatic carbocycles. The standard InChI is InChI=1S/C21H21ClN4.ClH/c1-26-18-12-13(22)6-7-16(18)19(24-14-8-10-23-11-9-14)20-21(26)15-4-2-3-5-17(15)25-20;/h2-7,12,14,23H,8-11H2,1H3,(H,24,25);1H. The summed E-state index contributed by atoms with van der Waals surface area (Å²) in [4.78, 5) is 3.65. The van der Waals surface area contributed by atoms with Gasteiger partial charge in [0.15, 0.2) is 0 Å². The molecule has 0 aliphatic carbocycles. The number of nitrogens with zero attached hydrogens (tertiary/aromatic N) is 1. The molecule has 0 saturated carbocycles. The van der Waals surface area contributed by atoms with Crippen molar-refractivity contribution >= 4 is 50.1 Å². The number of aryl methyl sites for hydroxylation is 1. The van der Waals surface area contributed by atoms with Gasteiger partial charge in [0.2, 0.25) is 11.0 Å². The van der Waals surface area contributed by atoms with Crippen LogP contribution < -0.4 is 27.6 Å². The number of hydrogen-bond donors (Lipinski definition) is 3. The third-order valence-electron chi connectivity index (χ3n) is 5.54. The summed E-state index contributed by atoms with van der Waals surface area (Å²) in [5, 5.41) is 10.5. The van der Waals surface area contributed by atoms with Gasteiger partial charge in [-0.15, -0.1) is 0 Å². The smallest absolute Gasteiger partial charge is 0.240 e. The summed E-state index contributed by atoms with van der Waals surface area (Å²) in [5.41, 5.74) is 5.88. The number of fused-ring (bicyclic) bond motifs is 4. The van der Waals surface area contributed by atoms with Gasteiger partial charge in [-0.2, -0.15) is 4.57 Å². The second kappa shape index (κ2) is 7.19. The minimum Gasteiger partial charge on any atom is -1.00 e. The van der Waals surface area contributed by atoms with Crippen molar-refractivity contribution in [3.8, 4) is 0 Å². The topological polar surface area (TPSA) is 43.7 Å². The number of aromatic nitrogens is 2. The highest BCUT2D eigenvalue weighted by atomic mass is 35.5. The van der Waals surface area contributed by atoms with E-state index < -0.39 is 0 Å². The SMILES string of the molecule is C[n+]1c2cc(Cl)ccc2c(NC2CCNCC2)c2[nH]c3ccccc3c21.[Cl-]. The summed E-state index contributed by atoms with van der Waals surface area (Å²) in [6.07, 6.45) is 2.27. The van der Waals surface area contributed by atoms with Crippen LogP contribution in [0.3, 0.4) is 0 Å². The van der Waals surface area contributed by atoms with Crippen molar-refractivity contribution < 1.29 is 17.0 Å². The molecule has 0 bridgehead atoms. The number of nitrogens with one attached hydrogen (secondary N) is 3. The fraction of sp³-hybridized carbons (Fsp3) is 0.286. The van der Waals surface area contributed by atoms with E-state index in [9.17, 15) is 0 Å². The van der Waals surface area contributed by atoms with Gasteiger partial charge in [-0.25, -0.2) is 0 Å². The van der Waals surface area contributed by atoms with E-state index in [0.717, 1.165) is 42.0 Å². The predicted octanol–water partition coefficient (Wildman–Crippen LogP) is 1.12. The maximum atomic E-state index is 6.33. The molecule has 3 heterocycles. The Morgan fingerprint density at radius 2 is 1.85 bits per heavy atom. The number of para-hydroxylation sites is 1. The Hall–Kier alpha value is -2.01. The Balaban J connectivity index is 0.00000180. The average Bonchev–Trinajstić information content (AvgIpc) is 3.06. The molecule has 5 rings (SSSR count). The Morgan fingerprint density at radius 3 is 2.67 bits per heavy atom. The average molecular weight is 401 g/mol. The van der Waals surface area contributed by atoms with E-state index in [1.54, 1.807) is 0 Å². The highest BCUT2D eigenvalue weighted by molar-refractivity contribution is 6.31. The Labute approximate surface area is 169 Å². The zero-order valence-electron chi connectivity index (χ0n) is 15.2. The molecule has 1 saturated heterocycles. The second-order valence-corrected chi connectivity index (χ2v) is 7.59. The van der Waals surface area contributed by atoms with E-state index in [0.29, 0.717) is 6.04 Å². The van der Waals surface area contributed by atoms with Crippen LogP contribution in [0.5, 0.6) is 0 Å². The van der Waals surface area contributed by atoms with E-state index in [2.05, 4.69) is 63.6 Å². The van der Waals surface area contributed by atoms with E-state index in [4.69, 9.17) is 11.6 Å². The third kappa shape index (κ3) is 3.02. The summed E-state index contributed by atoms with van der Waals surface area (Å²) in [6.45, 7) is 2.13. The minimum atomic E-state index is 0. The summed E-state index contributed by atoms with van der Waals surface area (Å²) in [5.74, 6) is 0. The molecule has 2 aromatic heterocycles. The van der Waals surface area contributed by atoms with Crippen molar-refractivity contribution in [2.45, 2.75) is 18.9 Å². The van der Waals surface area contributed by atoms with E-state index >= 15 is 0 Å². The number of rotatable bonds is 2. The van der Waals surface area contributed by atoms with Crippen LogP contribution in [0.2, 0.25) is 5.02 Å². The van der Waals surface area contributed by atoms with Crippen molar-refractivity contribution in [3.05, 3.63) is 47.5 Å². The van der Waals surface area contributed by atoms with Gasteiger partial charge in [0, 0.05) is 17.1 Å². The number of aromatic amines is 1. The van der Waals surface area contributed by atoms with Crippen molar-refractivity contribution in [2.24, 2.45) is 7.05 Å². The monoisotopic (exact) mass is 400 g/mol. The Kier molecular flexibility index (Phi) is 4.89. The molecule has 27 heavy (non-hydrogen) atoms. The highest BCUT2D eigenvalue weighted by Gasteiger charge is 2.24. The highest BCUT2D eigenvalue weighted by Crippen LogP contribution is 2.35. The fourth-order valence-corrected chi connectivity index (χ4v) is 4.39. The Bertz CT molecular complexity index is 1130. The van der Waals surface area contributed by atoms with Crippen LogP contribution in [-0.2, 0) is 7.05 Å². The first kappa shape index (κ1) is 18.4. The summed E-state index contributed by atoms with van der Waals surface area (Å²) < 4.78 is 2.25. The van der Waals surface area contributed by atoms with Gasteiger partial charge in [-0.3, -0.25) is 0 Å². The van der Waals surface area contributed by atoms with Gasteiger partial charge in [0.05, 0.1) is 22.0 Å². The van der Waals surface area contributed by atoms with E-state index in [-0.39, 0.29) is 12.4 Å². The van der Waals surface area contributed by atoms with E-state index in [1.165, 1.54) is 27.5 Å². The second-order valence-electron chi connectivity index (χ2n) is 7.16. The molecule has 0 radical (unpaired) electrons. The summed E-state index contributed by atoms with van der Waals surface area (Å²) >= 11 is 6.33. The largest absolute Gasteiger partial charge is 1.00 e. The normalized spacial score (nSPS) is 15.3. The molecule has 4 aromatic rings. The van der Waals surface area contributed by atoms with Crippen LogP contribution in [0.15, 0.2) is 42.5 Å². The van der Waals surface area contributed by atoms with Crippen molar-refractivity contribution in [2.75, 3.05) is 18.4 Å². The van der Waals surface area contributed by atoms with Crippen LogP contribution >= 0.6 is 11.6 Å². The fourth-order valence-electron chi connectivity index (χ4n) is 4.23. The summed E-state index contributed by atoms with van der Waals surface area (Å²) in [6, 6.07) is 15.1. The first-order chi connectivity index (χ1) is 12.7. The molecule has 0 amide bonds. The first-order valence-corrected chi connectivity index (χ1v) is 9.59. The third-order valence-corrected chi connectivity index (χ3v) is 5.78. The van der Waals surface area contributed by atoms with Gasteiger partial charge in [0.25, 0.3) is 0 Å². The Morgan fingerprint density at radius 1 is 1.07 bits per heavy atom. The molecule has 0 spiro atoms. The van der Waals surface area contributed by atoms with Gasteiger partial charge in [-0.1, -0.05) is 23.7 Å². The molecule has 1 aliphatic rings. The van der Waals surface area contributed by atoms with Crippen LogP contribution in [-0.4, -0.2) is 24.1 Å². The number of piperidine rings is 1. The molecular formula is C21H22Cl2N4. The van der Waals surface area contributed by atoms with Crippen molar-refractivity contribution in [3.63, 3.8) is 0 Å². The number of benzene rings is 2. The zero-order valence-corrected chi connectivity index (χ0v) is 16.7. The lowest BCUT2D eigenvalue weighted by molar-refractivity contribution is -0.616. The predicted molar refractivity (Wildman–Crippen MR) is 109 cm³/mol. The number of halogens is 2. The lowest BCUT2D eigenvalue weighted by atomic mass is 10.0. The molecule has 140 valence electrons. The number of hydrogen-bond acceptors (Lipinski definition) is 2. The van der Waals surface area contributed by atoms with Gasteiger partial charge in [-0.05, 0) is 50.2 Å². The van der Waals surface area contributed by atoms with E-state index in [1.807, 2.05) is 6.07 Å². The molecule has 1 fully saturated rings. The number of pyridine rings is 1.